The largest absolute Gasteiger partial charge is 0.390 e. The van der Waals surface area contributed by atoms with Gasteiger partial charge in [-0.25, -0.2) is 13.8 Å². The lowest BCUT2D eigenvalue weighted by Crippen LogP contribution is -2.00. The van der Waals surface area contributed by atoms with Crippen LogP contribution >= 0.6 is 11.3 Å². The quantitative estimate of drug-likeness (QED) is 0.804. The van der Waals surface area contributed by atoms with Crippen LogP contribution in [0.5, 0.6) is 0 Å². The van der Waals surface area contributed by atoms with E-state index in [0.717, 1.165) is 12.1 Å². The average Bonchev–Trinajstić information content (AvgIpc) is 3.09. The molecular formula is C12H8F2N4OS. The van der Waals surface area contributed by atoms with Crippen LogP contribution in [0.3, 0.4) is 0 Å². The molecule has 0 atom stereocenters. The van der Waals surface area contributed by atoms with Crippen LogP contribution in [-0.4, -0.2) is 25.1 Å². The van der Waals surface area contributed by atoms with Crippen molar-refractivity contribution in [1.29, 1.82) is 0 Å². The van der Waals surface area contributed by atoms with Crippen LogP contribution in [0.25, 0.3) is 16.4 Å². The molecule has 1 N–H and O–H groups in total. The lowest BCUT2D eigenvalue weighted by atomic mass is 10.1. The van der Waals surface area contributed by atoms with Gasteiger partial charge < -0.3 is 5.11 Å². The Bertz CT molecular complexity index is 742. The van der Waals surface area contributed by atoms with Crippen LogP contribution in [0.15, 0.2) is 29.8 Å². The van der Waals surface area contributed by atoms with Gasteiger partial charge in [-0.05, 0) is 18.2 Å². The molecule has 8 heteroatoms. The van der Waals surface area contributed by atoms with E-state index in [-0.39, 0.29) is 12.3 Å². The SMILES string of the molecule is OCc1nnn(-c2nccs2)c1-c1ccc(F)c(F)c1. The summed E-state index contributed by atoms with van der Waals surface area (Å²) in [5, 5.41) is 19.3. The van der Waals surface area contributed by atoms with Gasteiger partial charge in [0.05, 0.1) is 6.61 Å². The van der Waals surface area contributed by atoms with Gasteiger partial charge in [-0.1, -0.05) is 5.21 Å². The molecule has 20 heavy (non-hydrogen) atoms. The van der Waals surface area contributed by atoms with Crippen LogP contribution in [0, 0.1) is 11.6 Å². The average molecular weight is 294 g/mol. The normalized spacial score (nSPS) is 10.9. The molecule has 5 nitrogen and oxygen atoms in total. The lowest BCUT2D eigenvalue weighted by molar-refractivity contribution is 0.277. The first-order valence-corrected chi connectivity index (χ1v) is 6.49. The van der Waals surface area contributed by atoms with Crippen molar-refractivity contribution in [3.8, 4) is 16.4 Å². The number of aliphatic hydroxyl groups is 1. The van der Waals surface area contributed by atoms with E-state index in [4.69, 9.17) is 0 Å². The van der Waals surface area contributed by atoms with Crippen LogP contribution in [0.4, 0.5) is 8.78 Å². The fourth-order valence-corrected chi connectivity index (χ4v) is 2.40. The van der Waals surface area contributed by atoms with Crippen molar-refractivity contribution < 1.29 is 13.9 Å². The van der Waals surface area contributed by atoms with Gasteiger partial charge in [0.15, 0.2) is 11.6 Å². The number of hydrogen-bond acceptors (Lipinski definition) is 5. The van der Waals surface area contributed by atoms with E-state index < -0.39 is 11.6 Å². The third-order valence-electron chi connectivity index (χ3n) is 2.68. The molecule has 0 saturated carbocycles. The van der Waals surface area contributed by atoms with Gasteiger partial charge in [-0.3, -0.25) is 0 Å². The van der Waals surface area contributed by atoms with E-state index in [9.17, 15) is 13.9 Å². The maximum Gasteiger partial charge on any atom is 0.212 e. The van der Waals surface area contributed by atoms with Crippen molar-refractivity contribution in [2.24, 2.45) is 0 Å². The second-order valence-electron chi connectivity index (χ2n) is 3.90. The van der Waals surface area contributed by atoms with Crippen LogP contribution < -0.4 is 0 Å². The summed E-state index contributed by atoms with van der Waals surface area (Å²) in [5.41, 5.74) is 1.03. The molecule has 0 saturated heterocycles. The molecule has 0 fully saturated rings. The van der Waals surface area contributed by atoms with Crippen molar-refractivity contribution in [3.63, 3.8) is 0 Å². The molecule has 0 aliphatic carbocycles. The minimum Gasteiger partial charge on any atom is -0.390 e. The predicted octanol–water partition coefficient (Wildman–Crippen LogP) is 2.16. The van der Waals surface area contributed by atoms with E-state index in [1.165, 1.54) is 22.1 Å². The van der Waals surface area contributed by atoms with Gasteiger partial charge in [0, 0.05) is 17.1 Å². The Kier molecular flexibility index (Phi) is 3.25. The van der Waals surface area contributed by atoms with Crippen molar-refractivity contribution in [2.45, 2.75) is 6.61 Å². The first-order valence-electron chi connectivity index (χ1n) is 5.61. The molecular weight excluding hydrogens is 286 g/mol. The van der Waals surface area contributed by atoms with Crippen LogP contribution in [0.1, 0.15) is 5.69 Å². The van der Waals surface area contributed by atoms with E-state index in [2.05, 4.69) is 15.3 Å². The number of hydrogen-bond donors (Lipinski definition) is 1. The van der Waals surface area contributed by atoms with Crippen molar-refractivity contribution in [3.05, 3.63) is 47.1 Å². The lowest BCUT2D eigenvalue weighted by Gasteiger charge is -2.05. The molecule has 0 radical (unpaired) electrons. The zero-order chi connectivity index (χ0) is 14.1. The molecule has 3 rings (SSSR count). The van der Waals surface area contributed by atoms with Crippen LogP contribution in [0.2, 0.25) is 0 Å². The summed E-state index contributed by atoms with van der Waals surface area (Å²) in [7, 11) is 0. The van der Waals surface area contributed by atoms with E-state index in [0.29, 0.717) is 16.4 Å². The Labute approximate surface area is 116 Å². The summed E-state index contributed by atoms with van der Waals surface area (Å²) in [4.78, 5) is 4.09. The van der Waals surface area contributed by atoms with Gasteiger partial charge in [0.2, 0.25) is 5.13 Å². The van der Waals surface area contributed by atoms with Crippen molar-refractivity contribution in [2.75, 3.05) is 0 Å². The molecule has 2 aromatic heterocycles. The first-order chi connectivity index (χ1) is 9.70. The Morgan fingerprint density at radius 1 is 1.25 bits per heavy atom. The number of rotatable bonds is 3. The molecule has 0 amide bonds. The third-order valence-corrected chi connectivity index (χ3v) is 3.43. The summed E-state index contributed by atoms with van der Waals surface area (Å²) in [6, 6.07) is 3.46. The Balaban J connectivity index is 2.21. The predicted molar refractivity (Wildman–Crippen MR) is 68.3 cm³/mol. The number of thiazole rings is 1. The minimum absolute atomic E-state index is 0.270. The number of benzene rings is 1. The highest BCUT2D eigenvalue weighted by atomic mass is 32.1. The third kappa shape index (κ3) is 2.08. The molecule has 0 aliphatic heterocycles. The highest BCUT2D eigenvalue weighted by molar-refractivity contribution is 7.12. The van der Waals surface area contributed by atoms with Gasteiger partial charge in [-0.15, -0.1) is 16.4 Å². The fraction of sp³-hybridized carbons (Fsp3) is 0.0833. The smallest absolute Gasteiger partial charge is 0.212 e. The van der Waals surface area contributed by atoms with Crippen molar-refractivity contribution in [1.82, 2.24) is 20.0 Å². The maximum atomic E-state index is 13.4. The van der Waals surface area contributed by atoms with E-state index in [1.807, 2.05) is 0 Å². The summed E-state index contributed by atoms with van der Waals surface area (Å²) in [6.45, 7) is -0.361. The zero-order valence-electron chi connectivity index (χ0n) is 9.99. The number of nitrogens with zero attached hydrogens (tertiary/aromatic N) is 4. The van der Waals surface area contributed by atoms with Crippen LogP contribution in [-0.2, 0) is 6.61 Å². The van der Waals surface area contributed by atoms with Crippen molar-refractivity contribution >= 4 is 11.3 Å². The van der Waals surface area contributed by atoms with Gasteiger partial charge in [-0.2, -0.15) is 4.68 Å². The first kappa shape index (κ1) is 12.8. The Morgan fingerprint density at radius 3 is 2.75 bits per heavy atom. The molecule has 0 bridgehead atoms. The van der Waals surface area contributed by atoms with E-state index in [1.54, 1.807) is 11.6 Å². The monoisotopic (exact) mass is 294 g/mol. The maximum absolute atomic E-state index is 13.4. The number of aromatic nitrogens is 4. The second-order valence-corrected chi connectivity index (χ2v) is 4.77. The topological polar surface area (TPSA) is 63.8 Å². The molecule has 0 aliphatic rings. The molecule has 102 valence electrons. The number of halogens is 2. The van der Waals surface area contributed by atoms with E-state index >= 15 is 0 Å². The highest BCUT2D eigenvalue weighted by Gasteiger charge is 2.18. The molecule has 2 heterocycles. The Hall–Kier alpha value is -2.19. The fourth-order valence-electron chi connectivity index (χ4n) is 1.81. The second kappa shape index (κ2) is 5.06. The summed E-state index contributed by atoms with van der Waals surface area (Å²) >= 11 is 1.32. The summed E-state index contributed by atoms with van der Waals surface area (Å²) in [6.07, 6.45) is 1.59. The van der Waals surface area contributed by atoms with Gasteiger partial charge >= 0.3 is 0 Å². The Morgan fingerprint density at radius 2 is 2.10 bits per heavy atom. The highest BCUT2D eigenvalue weighted by Crippen LogP contribution is 2.27. The number of aliphatic hydroxyl groups excluding tert-OH is 1. The summed E-state index contributed by atoms with van der Waals surface area (Å²) < 4.78 is 27.8. The molecule has 1 aromatic carbocycles. The van der Waals surface area contributed by atoms with Gasteiger partial charge in [0.25, 0.3) is 0 Å². The van der Waals surface area contributed by atoms with Gasteiger partial charge in [0.1, 0.15) is 11.4 Å². The minimum atomic E-state index is -0.974. The molecule has 0 unspecified atom stereocenters. The summed E-state index contributed by atoms with van der Waals surface area (Å²) in [5.74, 6) is -1.91. The molecule has 0 spiro atoms. The molecule has 3 aromatic rings. The standard InChI is InChI=1S/C12H8F2N4OS/c13-8-2-1-7(5-9(8)14)11-10(6-19)16-17-18(11)12-15-3-4-20-12/h1-5,19H,6H2. The zero-order valence-corrected chi connectivity index (χ0v) is 10.8.